The summed E-state index contributed by atoms with van der Waals surface area (Å²) in [5.41, 5.74) is 8.96. The fraction of sp³-hybridized carbons (Fsp3) is 0.500. The smallest absolute Gasteiger partial charge is 0.114 e. The summed E-state index contributed by atoms with van der Waals surface area (Å²) in [6.45, 7) is 4.29. The second-order valence-electron chi connectivity index (χ2n) is 4.98. The molecule has 0 bridgehead atoms. The first kappa shape index (κ1) is 12.3. The van der Waals surface area contributed by atoms with Crippen LogP contribution in [0.25, 0.3) is 0 Å². The van der Waals surface area contributed by atoms with Crippen LogP contribution in [0.4, 0.5) is 0 Å². The molecule has 2 nitrogen and oxygen atoms in total. The average Bonchev–Trinajstić information content (AvgIpc) is 2.91. The summed E-state index contributed by atoms with van der Waals surface area (Å²) in [5, 5.41) is 1.10. The Morgan fingerprint density at radius 2 is 2.00 bits per heavy atom. The summed E-state index contributed by atoms with van der Waals surface area (Å²) in [4.78, 5) is 8.90. The van der Waals surface area contributed by atoms with Crippen LogP contribution < -0.4 is 5.73 Å². The van der Waals surface area contributed by atoms with Crippen molar-refractivity contribution in [2.75, 3.05) is 0 Å². The van der Waals surface area contributed by atoms with E-state index in [2.05, 4.69) is 19.9 Å². The van der Waals surface area contributed by atoms with Gasteiger partial charge < -0.3 is 5.73 Å². The van der Waals surface area contributed by atoms with Crippen molar-refractivity contribution in [1.82, 2.24) is 4.98 Å². The van der Waals surface area contributed by atoms with E-state index in [-0.39, 0.29) is 6.04 Å². The Morgan fingerprint density at radius 1 is 1.22 bits per heavy atom. The molecule has 0 aliphatic heterocycles. The average molecular weight is 278 g/mol. The van der Waals surface area contributed by atoms with E-state index in [1.165, 1.54) is 45.2 Å². The normalized spacial score (nSPS) is 16.6. The van der Waals surface area contributed by atoms with Gasteiger partial charge in [0.25, 0.3) is 0 Å². The second kappa shape index (κ2) is 4.76. The molecule has 2 N–H and O–H groups in total. The van der Waals surface area contributed by atoms with Gasteiger partial charge in [-0.1, -0.05) is 0 Å². The lowest BCUT2D eigenvalue weighted by atomic mass is 10.0. The highest BCUT2D eigenvalue weighted by Crippen LogP contribution is 2.34. The minimum absolute atomic E-state index is 0.0365. The molecule has 0 fully saturated rings. The van der Waals surface area contributed by atoms with Crippen LogP contribution in [0.2, 0.25) is 0 Å². The zero-order valence-corrected chi connectivity index (χ0v) is 12.5. The predicted molar refractivity (Wildman–Crippen MR) is 78.6 cm³/mol. The molecular weight excluding hydrogens is 260 g/mol. The highest BCUT2D eigenvalue weighted by Gasteiger charge is 2.21. The second-order valence-corrected chi connectivity index (χ2v) is 7.55. The summed E-state index contributed by atoms with van der Waals surface area (Å²) in [6, 6.07) is 2.18. The van der Waals surface area contributed by atoms with Gasteiger partial charge in [0.2, 0.25) is 0 Å². The monoisotopic (exact) mass is 278 g/mol. The molecular formula is C14H18N2S2. The van der Waals surface area contributed by atoms with Crippen LogP contribution in [-0.4, -0.2) is 4.98 Å². The third-order valence-electron chi connectivity index (χ3n) is 3.54. The van der Waals surface area contributed by atoms with E-state index < -0.39 is 0 Å². The summed E-state index contributed by atoms with van der Waals surface area (Å²) in [6.07, 6.45) is 4.92. The molecule has 18 heavy (non-hydrogen) atoms. The molecule has 96 valence electrons. The molecule has 1 atom stereocenters. The van der Waals surface area contributed by atoms with Gasteiger partial charge in [0.05, 0.1) is 11.7 Å². The van der Waals surface area contributed by atoms with Crippen molar-refractivity contribution in [2.24, 2.45) is 5.73 Å². The van der Waals surface area contributed by atoms with E-state index in [1.54, 1.807) is 0 Å². The minimum Gasteiger partial charge on any atom is -0.318 e. The third-order valence-corrected chi connectivity index (χ3v) is 5.76. The van der Waals surface area contributed by atoms with E-state index in [0.717, 1.165) is 11.4 Å². The third kappa shape index (κ3) is 2.13. The van der Waals surface area contributed by atoms with Crippen molar-refractivity contribution in [3.63, 3.8) is 0 Å². The molecule has 0 saturated carbocycles. The molecule has 0 spiro atoms. The Labute approximate surface area is 116 Å². The molecule has 2 aromatic rings. The highest BCUT2D eigenvalue weighted by atomic mass is 32.1. The Bertz CT molecular complexity index is 545. The van der Waals surface area contributed by atoms with Gasteiger partial charge in [-0.15, -0.1) is 22.7 Å². The van der Waals surface area contributed by atoms with E-state index in [9.17, 15) is 0 Å². The Morgan fingerprint density at radius 3 is 2.67 bits per heavy atom. The van der Waals surface area contributed by atoms with Gasteiger partial charge in [-0.2, -0.15) is 0 Å². The number of hydrogen-bond acceptors (Lipinski definition) is 4. The summed E-state index contributed by atoms with van der Waals surface area (Å²) < 4.78 is 0. The van der Waals surface area contributed by atoms with Crippen molar-refractivity contribution in [2.45, 2.75) is 45.6 Å². The molecule has 2 aromatic heterocycles. The first-order valence-corrected chi connectivity index (χ1v) is 8.09. The van der Waals surface area contributed by atoms with Crippen LogP contribution in [0.1, 0.15) is 49.8 Å². The van der Waals surface area contributed by atoms with Gasteiger partial charge in [-0.3, -0.25) is 0 Å². The van der Waals surface area contributed by atoms with E-state index >= 15 is 0 Å². The molecule has 0 radical (unpaired) electrons. The number of hydrogen-bond donors (Lipinski definition) is 1. The lowest BCUT2D eigenvalue weighted by molar-refractivity contribution is 0.678. The van der Waals surface area contributed by atoms with E-state index in [4.69, 9.17) is 10.7 Å². The summed E-state index contributed by atoms with van der Waals surface area (Å²) in [5.74, 6) is 0. The summed E-state index contributed by atoms with van der Waals surface area (Å²) in [7, 11) is 0. The van der Waals surface area contributed by atoms with Crippen LogP contribution in [0, 0.1) is 13.8 Å². The largest absolute Gasteiger partial charge is 0.318 e. The van der Waals surface area contributed by atoms with Gasteiger partial charge >= 0.3 is 0 Å². The van der Waals surface area contributed by atoms with Crippen LogP contribution in [0.3, 0.4) is 0 Å². The number of aromatic nitrogens is 1. The van der Waals surface area contributed by atoms with Crippen molar-refractivity contribution in [3.8, 4) is 0 Å². The first-order chi connectivity index (χ1) is 8.65. The van der Waals surface area contributed by atoms with E-state index in [0.29, 0.717) is 0 Å². The molecule has 1 unspecified atom stereocenters. The maximum Gasteiger partial charge on any atom is 0.114 e. The molecule has 0 saturated heterocycles. The predicted octanol–water partition coefficient (Wildman–Crippen LogP) is 3.75. The quantitative estimate of drug-likeness (QED) is 0.908. The molecule has 2 heterocycles. The topological polar surface area (TPSA) is 38.9 Å². The number of nitrogens with two attached hydrogens (primary N) is 1. The van der Waals surface area contributed by atoms with Crippen molar-refractivity contribution in [3.05, 3.63) is 37.0 Å². The maximum absolute atomic E-state index is 6.40. The van der Waals surface area contributed by atoms with Crippen molar-refractivity contribution < 1.29 is 0 Å². The van der Waals surface area contributed by atoms with Gasteiger partial charge in [0, 0.05) is 14.6 Å². The van der Waals surface area contributed by atoms with Crippen LogP contribution >= 0.6 is 22.7 Å². The zero-order valence-electron chi connectivity index (χ0n) is 10.8. The zero-order chi connectivity index (χ0) is 12.7. The maximum atomic E-state index is 6.40. The van der Waals surface area contributed by atoms with Gasteiger partial charge in [0.15, 0.2) is 0 Å². The van der Waals surface area contributed by atoms with Crippen LogP contribution in [0.15, 0.2) is 6.07 Å². The van der Waals surface area contributed by atoms with Crippen molar-refractivity contribution >= 4 is 22.7 Å². The Kier molecular flexibility index (Phi) is 3.26. The Balaban J connectivity index is 1.94. The fourth-order valence-corrected chi connectivity index (χ4v) is 4.74. The Hall–Kier alpha value is -0.710. The molecule has 4 heteroatoms. The number of nitrogens with zero attached hydrogens (tertiary/aromatic N) is 1. The van der Waals surface area contributed by atoms with E-state index in [1.807, 2.05) is 22.7 Å². The van der Waals surface area contributed by atoms with Crippen LogP contribution in [0.5, 0.6) is 0 Å². The molecule has 0 aromatic carbocycles. The fourth-order valence-electron chi connectivity index (χ4n) is 2.60. The number of thiophene rings is 1. The van der Waals surface area contributed by atoms with Gasteiger partial charge in [-0.05, 0) is 51.2 Å². The SMILES string of the molecule is Cc1cc(C(N)c2nc3c(s2)CCCC3)c(C)s1. The van der Waals surface area contributed by atoms with Gasteiger partial charge in [-0.25, -0.2) is 4.98 Å². The molecule has 1 aliphatic carbocycles. The number of rotatable bonds is 2. The van der Waals surface area contributed by atoms with Crippen LogP contribution in [-0.2, 0) is 12.8 Å². The minimum atomic E-state index is -0.0365. The molecule has 1 aliphatic rings. The lowest BCUT2D eigenvalue weighted by Gasteiger charge is -2.07. The van der Waals surface area contributed by atoms with Gasteiger partial charge in [0.1, 0.15) is 5.01 Å². The molecule has 0 amide bonds. The lowest BCUT2D eigenvalue weighted by Crippen LogP contribution is -2.11. The number of thiazole rings is 1. The number of aryl methyl sites for hydroxylation is 4. The first-order valence-electron chi connectivity index (χ1n) is 6.46. The highest BCUT2D eigenvalue weighted by molar-refractivity contribution is 7.12. The number of fused-ring (bicyclic) bond motifs is 1. The van der Waals surface area contributed by atoms with Crippen molar-refractivity contribution in [1.29, 1.82) is 0 Å². The molecule has 3 rings (SSSR count). The standard InChI is InChI=1S/C14H18N2S2/c1-8-7-10(9(2)17-8)13(15)14-16-11-5-3-4-6-12(11)18-14/h7,13H,3-6,15H2,1-2H3. The summed E-state index contributed by atoms with van der Waals surface area (Å²) >= 11 is 3.65.